The lowest BCUT2D eigenvalue weighted by molar-refractivity contribution is -0.137. The summed E-state index contributed by atoms with van der Waals surface area (Å²) in [4.78, 5) is 28.8. The smallest absolute Gasteiger partial charge is 0.350 e. The first-order chi connectivity index (χ1) is 14.2. The standard InChI is InChI=1S/C20H19F3N4O2S/c1-12-11-16(13(2)27(12)19-26-9-10-30-19)18(29)25-8-7-24-17(28)14-3-5-15(6-4-14)20(21,22)23/h3-6,9-11H,7-8H2,1-2H3,(H,24,28)(H,25,29). The number of amides is 2. The molecule has 0 bridgehead atoms. The van der Waals surface area contributed by atoms with Crippen LogP contribution >= 0.6 is 11.3 Å². The summed E-state index contributed by atoms with van der Waals surface area (Å²) < 4.78 is 39.6. The van der Waals surface area contributed by atoms with E-state index in [4.69, 9.17) is 0 Å². The molecule has 0 saturated heterocycles. The molecule has 2 N–H and O–H groups in total. The third-order valence-corrected chi connectivity index (χ3v) is 5.21. The average molecular weight is 436 g/mol. The number of carbonyl (C=O) groups is 2. The van der Waals surface area contributed by atoms with Gasteiger partial charge in [-0.2, -0.15) is 13.2 Å². The van der Waals surface area contributed by atoms with Crippen molar-refractivity contribution >= 4 is 23.2 Å². The number of hydrogen-bond donors (Lipinski definition) is 2. The Morgan fingerprint density at radius 1 is 1.07 bits per heavy atom. The Labute approximate surface area is 174 Å². The number of halogens is 3. The SMILES string of the molecule is Cc1cc(C(=O)NCCNC(=O)c2ccc(C(F)(F)F)cc2)c(C)n1-c1nccs1. The van der Waals surface area contributed by atoms with E-state index >= 15 is 0 Å². The van der Waals surface area contributed by atoms with Gasteiger partial charge in [-0.05, 0) is 44.2 Å². The number of aryl methyl sites for hydroxylation is 1. The van der Waals surface area contributed by atoms with E-state index in [1.54, 1.807) is 12.3 Å². The van der Waals surface area contributed by atoms with Gasteiger partial charge in [-0.25, -0.2) is 4.98 Å². The van der Waals surface area contributed by atoms with Crippen molar-refractivity contribution < 1.29 is 22.8 Å². The quantitative estimate of drug-likeness (QED) is 0.578. The van der Waals surface area contributed by atoms with Crippen LogP contribution in [0.4, 0.5) is 13.2 Å². The van der Waals surface area contributed by atoms with Gasteiger partial charge in [0, 0.05) is 41.6 Å². The molecule has 0 spiro atoms. The molecule has 3 rings (SSSR count). The molecule has 0 saturated carbocycles. The van der Waals surface area contributed by atoms with E-state index in [-0.39, 0.29) is 24.6 Å². The van der Waals surface area contributed by atoms with E-state index in [9.17, 15) is 22.8 Å². The molecule has 2 heterocycles. The second kappa shape index (κ2) is 8.70. The molecule has 10 heteroatoms. The van der Waals surface area contributed by atoms with Gasteiger partial charge < -0.3 is 10.6 Å². The molecule has 2 amide bonds. The fourth-order valence-electron chi connectivity index (χ4n) is 2.97. The highest BCUT2D eigenvalue weighted by Gasteiger charge is 2.30. The number of alkyl halides is 3. The zero-order valence-electron chi connectivity index (χ0n) is 16.2. The van der Waals surface area contributed by atoms with Gasteiger partial charge in [-0.1, -0.05) is 0 Å². The summed E-state index contributed by atoms with van der Waals surface area (Å²) in [5.41, 5.74) is 1.44. The highest BCUT2D eigenvalue weighted by atomic mass is 32.1. The van der Waals surface area contributed by atoms with E-state index in [1.165, 1.54) is 11.3 Å². The third kappa shape index (κ3) is 4.70. The maximum Gasteiger partial charge on any atom is 0.416 e. The molecule has 0 aliphatic carbocycles. The van der Waals surface area contributed by atoms with Crippen LogP contribution in [0.2, 0.25) is 0 Å². The Morgan fingerprint density at radius 2 is 1.70 bits per heavy atom. The fourth-order valence-corrected chi connectivity index (χ4v) is 3.72. The van der Waals surface area contributed by atoms with Crippen LogP contribution in [0.15, 0.2) is 41.9 Å². The van der Waals surface area contributed by atoms with Gasteiger partial charge in [-0.3, -0.25) is 14.2 Å². The molecule has 0 aliphatic rings. The van der Waals surface area contributed by atoms with E-state index in [1.807, 2.05) is 23.8 Å². The maximum absolute atomic E-state index is 12.6. The largest absolute Gasteiger partial charge is 0.416 e. The van der Waals surface area contributed by atoms with Crippen molar-refractivity contribution in [3.05, 3.63) is 70.0 Å². The number of hydrogen-bond acceptors (Lipinski definition) is 4. The molecule has 0 fully saturated rings. The zero-order valence-corrected chi connectivity index (χ0v) is 17.0. The molecule has 0 unspecified atom stereocenters. The molecule has 6 nitrogen and oxygen atoms in total. The maximum atomic E-state index is 12.6. The van der Waals surface area contributed by atoms with Crippen molar-refractivity contribution in [2.45, 2.75) is 20.0 Å². The topological polar surface area (TPSA) is 76.0 Å². The van der Waals surface area contributed by atoms with E-state index in [0.717, 1.165) is 40.8 Å². The molecule has 3 aromatic rings. The zero-order chi connectivity index (χ0) is 21.9. The lowest BCUT2D eigenvalue weighted by Gasteiger charge is -2.09. The Balaban J connectivity index is 1.53. The van der Waals surface area contributed by atoms with Gasteiger partial charge in [0.05, 0.1) is 11.1 Å². The summed E-state index contributed by atoms with van der Waals surface area (Å²) in [6.45, 7) is 4.02. The minimum atomic E-state index is -4.45. The number of carbonyl (C=O) groups excluding carboxylic acids is 2. The first kappa shape index (κ1) is 21.6. The van der Waals surface area contributed by atoms with E-state index in [2.05, 4.69) is 15.6 Å². The van der Waals surface area contributed by atoms with Gasteiger partial charge in [-0.15, -0.1) is 11.3 Å². The van der Waals surface area contributed by atoms with Gasteiger partial charge >= 0.3 is 6.18 Å². The third-order valence-electron chi connectivity index (χ3n) is 4.46. The minimum absolute atomic E-state index is 0.112. The van der Waals surface area contributed by atoms with Gasteiger partial charge in [0.2, 0.25) is 0 Å². The van der Waals surface area contributed by atoms with Gasteiger partial charge in [0.1, 0.15) is 0 Å². The van der Waals surface area contributed by atoms with Gasteiger partial charge in [0.25, 0.3) is 11.8 Å². The highest BCUT2D eigenvalue weighted by Crippen LogP contribution is 2.29. The summed E-state index contributed by atoms with van der Waals surface area (Å²) in [6.07, 6.45) is -2.76. The molecular formula is C20H19F3N4O2S. The number of benzene rings is 1. The molecular weight excluding hydrogens is 417 g/mol. The molecule has 158 valence electrons. The number of thiazole rings is 1. The normalized spacial score (nSPS) is 11.4. The highest BCUT2D eigenvalue weighted by molar-refractivity contribution is 7.12. The van der Waals surface area contributed by atoms with E-state index < -0.39 is 17.6 Å². The Hall–Kier alpha value is -3.14. The van der Waals surface area contributed by atoms with Crippen LogP contribution in [0, 0.1) is 13.8 Å². The molecule has 30 heavy (non-hydrogen) atoms. The predicted molar refractivity (Wildman–Crippen MR) is 107 cm³/mol. The molecule has 0 atom stereocenters. The summed E-state index contributed by atoms with van der Waals surface area (Å²) in [7, 11) is 0. The van der Waals surface area contributed by atoms with Crippen molar-refractivity contribution in [1.82, 2.24) is 20.2 Å². The molecule has 1 aromatic carbocycles. The first-order valence-electron chi connectivity index (χ1n) is 9.01. The van der Waals surface area contributed by atoms with E-state index in [0.29, 0.717) is 5.56 Å². The number of nitrogens with one attached hydrogen (secondary N) is 2. The van der Waals surface area contributed by atoms with Crippen molar-refractivity contribution in [2.75, 3.05) is 13.1 Å². The summed E-state index contributed by atoms with van der Waals surface area (Å²) in [5.74, 6) is -0.797. The van der Waals surface area contributed by atoms with Crippen LogP contribution in [0.25, 0.3) is 5.13 Å². The van der Waals surface area contributed by atoms with Crippen molar-refractivity contribution in [3.8, 4) is 5.13 Å². The van der Waals surface area contributed by atoms with Crippen LogP contribution in [-0.2, 0) is 6.18 Å². The number of nitrogens with zero attached hydrogens (tertiary/aromatic N) is 2. The second-order valence-electron chi connectivity index (χ2n) is 6.52. The summed E-state index contributed by atoms with van der Waals surface area (Å²) in [5, 5.41) is 7.92. The fraction of sp³-hybridized carbons (Fsp3) is 0.250. The van der Waals surface area contributed by atoms with Crippen LogP contribution < -0.4 is 10.6 Å². The lowest BCUT2D eigenvalue weighted by Crippen LogP contribution is -2.34. The summed E-state index contributed by atoms with van der Waals surface area (Å²) >= 11 is 1.46. The Kier molecular flexibility index (Phi) is 6.25. The number of rotatable bonds is 6. The number of aromatic nitrogens is 2. The minimum Gasteiger partial charge on any atom is -0.350 e. The van der Waals surface area contributed by atoms with Gasteiger partial charge in [0.15, 0.2) is 5.13 Å². The van der Waals surface area contributed by atoms with Crippen molar-refractivity contribution in [1.29, 1.82) is 0 Å². The van der Waals surface area contributed by atoms with Crippen molar-refractivity contribution in [2.24, 2.45) is 0 Å². The molecule has 2 aromatic heterocycles. The monoisotopic (exact) mass is 436 g/mol. The molecule has 0 aliphatic heterocycles. The molecule has 0 radical (unpaired) electrons. The summed E-state index contributed by atoms with van der Waals surface area (Å²) in [6, 6.07) is 5.71. The van der Waals surface area contributed by atoms with Crippen LogP contribution in [0.1, 0.15) is 37.7 Å². The van der Waals surface area contributed by atoms with Crippen molar-refractivity contribution in [3.63, 3.8) is 0 Å². The first-order valence-corrected chi connectivity index (χ1v) is 9.89. The van der Waals surface area contributed by atoms with Crippen LogP contribution in [-0.4, -0.2) is 34.5 Å². The Morgan fingerprint density at radius 3 is 2.27 bits per heavy atom. The van der Waals surface area contributed by atoms with Crippen LogP contribution in [0.5, 0.6) is 0 Å². The predicted octanol–water partition coefficient (Wildman–Crippen LogP) is 3.73. The Bertz CT molecular complexity index is 1040. The second-order valence-corrected chi connectivity index (χ2v) is 7.39. The average Bonchev–Trinajstić information content (AvgIpc) is 3.32. The lowest BCUT2D eigenvalue weighted by atomic mass is 10.1. The van der Waals surface area contributed by atoms with Crippen LogP contribution in [0.3, 0.4) is 0 Å².